The van der Waals surface area contributed by atoms with E-state index in [0.29, 0.717) is 17.7 Å². The fraction of sp³-hybridized carbons (Fsp3) is 0.167. The van der Waals surface area contributed by atoms with Crippen LogP contribution in [-0.2, 0) is 11.3 Å². The number of hydrogen-bond donors (Lipinski definition) is 0. The van der Waals surface area contributed by atoms with Crippen molar-refractivity contribution in [2.24, 2.45) is 0 Å². The minimum Gasteiger partial charge on any atom is -0.411 e. The van der Waals surface area contributed by atoms with Crippen molar-refractivity contribution in [1.82, 2.24) is 15.1 Å². The van der Waals surface area contributed by atoms with E-state index in [9.17, 15) is 4.79 Å². The van der Waals surface area contributed by atoms with Crippen LogP contribution in [0.5, 0.6) is 0 Å². The summed E-state index contributed by atoms with van der Waals surface area (Å²) in [6, 6.07) is 17.5. The summed E-state index contributed by atoms with van der Waals surface area (Å²) in [7, 11) is 1.79. The number of benzene rings is 2. The zero-order chi connectivity index (χ0) is 17.6. The highest BCUT2D eigenvalue weighted by Gasteiger charge is 2.14. The first kappa shape index (κ1) is 17.7. The third-order valence-electron chi connectivity index (χ3n) is 3.51. The summed E-state index contributed by atoms with van der Waals surface area (Å²) in [6.45, 7) is 0.578. The standard InChI is InChI=1S/C18H16BrN3O2S/c1-22(11-13-5-3-2-4-6-13)16(23)12-25-18-21-20-17(24-18)14-7-9-15(19)10-8-14/h2-10H,11-12H2,1H3. The zero-order valence-electron chi connectivity index (χ0n) is 13.6. The number of nitrogens with zero attached hydrogens (tertiary/aromatic N) is 3. The molecule has 5 nitrogen and oxygen atoms in total. The molecule has 0 radical (unpaired) electrons. The van der Waals surface area contributed by atoms with Crippen LogP contribution in [0.1, 0.15) is 5.56 Å². The van der Waals surface area contributed by atoms with Gasteiger partial charge in [0.05, 0.1) is 5.75 Å². The molecule has 25 heavy (non-hydrogen) atoms. The molecule has 0 atom stereocenters. The highest BCUT2D eigenvalue weighted by atomic mass is 79.9. The van der Waals surface area contributed by atoms with E-state index in [0.717, 1.165) is 15.6 Å². The fourth-order valence-electron chi connectivity index (χ4n) is 2.16. The molecule has 0 saturated heterocycles. The minimum atomic E-state index is 0.0113. The van der Waals surface area contributed by atoms with Crippen molar-refractivity contribution in [3.63, 3.8) is 0 Å². The molecule has 0 fully saturated rings. The van der Waals surface area contributed by atoms with E-state index in [1.165, 1.54) is 11.8 Å². The molecule has 0 aliphatic carbocycles. The first-order chi connectivity index (χ1) is 12.1. The molecule has 0 saturated carbocycles. The maximum Gasteiger partial charge on any atom is 0.277 e. The molecule has 1 heterocycles. The van der Waals surface area contributed by atoms with E-state index in [-0.39, 0.29) is 11.7 Å². The number of thioether (sulfide) groups is 1. The molecule has 3 rings (SSSR count). The zero-order valence-corrected chi connectivity index (χ0v) is 16.0. The number of aromatic nitrogens is 2. The Labute approximate surface area is 158 Å². The van der Waals surface area contributed by atoms with Crippen LogP contribution >= 0.6 is 27.7 Å². The van der Waals surface area contributed by atoms with Crippen LogP contribution in [0, 0.1) is 0 Å². The van der Waals surface area contributed by atoms with Crippen LogP contribution in [0.4, 0.5) is 0 Å². The normalized spacial score (nSPS) is 10.6. The Morgan fingerprint density at radius 3 is 2.56 bits per heavy atom. The second-order valence-corrected chi connectivity index (χ2v) is 7.25. The molecule has 3 aromatic rings. The van der Waals surface area contributed by atoms with Crippen molar-refractivity contribution in [3.05, 3.63) is 64.6 Å². The largest absolute Gasteiger partial charge is 0.411 e. The van der Waals surface area contributed by atoms with Crippen molar-refractivity contribution in [2.45, 2.75) is 11.8 Å². The summed E-state index contributed by atoms with van der Waals surface area (Å²) in [5.41, 5.74) is 1.94. The molecule has 0 N–H and O–H groups in total. The van der Waals surface area contributed by atoms with Crippen LogP contribution in [0.3, 0.4) is 0 Å². The van der Waals surface area contributed by atoms with Gasteiger partial charge in [0.25, 0.3) is 5.22 Å². The van der Waals surface area contributed by atoms with Gasteiger partial charge in [0.2, 0.25) is 11.8 Å². The van der Waals surface area contributed by atoms with Crippen molar-refractivity contribution in [3.8, 4) is 11.5 Å². The van der Waals surface area contributed by atoms with Crippen molar-refractivity contribution in [1.29, 1.82) is 0 Å². The fourth-order valence-corrected chi connectivity index (χ4v) is 3.12. The van der Waals surface area contributed by atoms with Gasteiger partial charge in [-0.15, -0.1) is 10.2 Å². The van der Waals surface area contributed by atoms with Crippen LogP contribution in [0.25, 0.3) is 11.5 Å². The SMILES string of the molecule is CN(Cc1ccccc1)C(=O)CSc1nnc(-c2ccc(Br)cc2)o1. The molecule has 0 unspecified atom stereocenters. The van der Waals surface area contributed by atoms with Gasteiger partial charge >= 0.3 is 0 Å². The predicted octanol–water partition coefficient (Wildman–Crippen LogP) is 4.25. The number of carbonyl (C=O) groups excluding carboxylic acids is 1. The summed E-state index contributed by atoms with van der Waals surface area (Å²) >= 11 is 4.63. The van der Waals surface area contributed by atoms with Crippen LogP contribution in [-0.4, -0.2) is 33.8 Å². The lowest BCUT2D eigenvalue weighted by atomic mass is 10.2. The lowest BCUT2D eigenvalue weighted by Gasteiger charge is -2.16. The van der Waals surface area contributed by atoms with Gasteiger partial charge in [0.15, 0.2) is 0 Å². The third kappa shape index (κ3) is 4.93. The van der Waals surface area contributed by atoms with Gasteiger partial charge in [-0.05, 0) is 29.8 Å². The van der Waals surface area contributed by atoms with Crippen LogP contribution in [0.15, 0.2) is 68.7 Å². The van der Waals surface area contributed by atoms with Gasteiger partial charge in [-0.3, -0.25) is 4.79 Å². The van der Waals surface area contributed by atoms with E-state index in [2.05, 4.69) is 26.1 Å². The first-order valence-corrected chi connectivity index (χ1v) is 9.40. The van der Waals surface area contributed by atoms with Crippen molar-refractivity contribution in [2.75, 3.05) is 12.8 Å². The van der Waals surface area contributed by atoms with E-state index in [1.807, 2.05) is 54.6 Å². The van der Waals surface area contributed by atoms with Crippen molar-refractivity contribution < 1.29 is 9.21 Å². The van der Waals surface area contributed by atoms with Gasteiger partial charge in [-0.25, -0.2) is 0 Å². The van der Waals surface area contributed by atoms with E-state index in [1.54, 1.807) is 11.9 Å². The second kappa shape index (κ2) is 8.31. The minimum absolute atomic E-state index is 0.0113. The summed E-state index contributed by atoms with van der Waals surface area (Å²) in [4.78, 5) is 13.9. The Balaban J connectivity index is 1.54. The predicted molar refractivity (Wildman–Crippen MR) is 101 cm³/mol. The number of amides is 1. The molecule has 0 aliphatic rings. The van der Waals surface area contributed by atoms with Gasteiger partial charge < -0.3 is 9.32 Å². The molecular weight excluding hydrogens is 402 g/mol. The van der Waals surface area contributed by atoms with Gasteiger partial charge in [0, 0.05) is 23.6 Å². The van der Waals surface area contributed by atoms with E-state index < -0.39 is 0 Å². The Bertz CT molecular complexity index is 837. The highest BCUT2D eigenvalue weighted by Crippen LogP contribution is 2.24. The van der Waals surface area contributed by atoms with E-state index in [4.69, 9.17) is 4.42 Å². The Morgan fingerprint density at radius 2 is 1.84 bits per heavy atom. The maximum atomic E-state index is 12.2. The smallest absolute Gasteiger partial charge is 0.277 e. The van der Waals surface area contributed by atoms with Gasteiger partial charge in [-0.1, -0.05) is 58.0 Å². The lowest BCUT2D eigenvalue weighted by molar-refractivity contribution is -0.127. The summed E-state index contributed by atoms with van der Waals surface area (Å²) in [5, 5.41) is 8.41. The van der Waals surface area contributed by atoms with Gasteiger partial charge in [0.1, 0.15) is 0 Å². The quantitative estimate of drug-likeness (QED) is 0.561. The maximum absolute atomic E-state index is 12.2. The highest BCUT2D eigenvalue weighted by molar-refractivity contribution is 9.10. The third-order valence-corrected chi connectivity index (χ3v) is 4.84. The number of halogens is 1. The molecule has 1 aromatic heterocycles. The molecule has 128 valence electrons. The Morgan fingerprint density at radius 1 is 1.12 bits per heavy atom. The lowest BCUT2D eigenvalue weighted by Crippen LogP contribution is -2.27. The van der Waals surface area contributed by atoms with Crippen LogP contribution < -0.4 is 0 Å². The monoisotopic (exact) mass is 417 g/mol. The topological polar surface area (TPSA) is 59.2 Å². The number of rotatable bonds is 6. The number of carbonyl (C=O) groups is 1. The van der Waals surface area contributed by atoms with Gasteiger partial charge in [-0.2, -0.15) is 0 Å². The summed E-state index contributed by atoms with van der Waals surface area (Å²) < 4.78 is 6.60. The molecule has 0 aliphatic heterocycles. The molecule has 2 aromatic carbocycles. The Hall–Kier alpha value is -2.12. The average molecular weight is 418 g/mol. The van der Waals surface area contributed by atoms with E-state index >= 15 is 0 Å². The second-order valence-electron chi connectivity index (χ2n) is 5.40. The molecule has 0 spiro atoms. The van der Waals surface area contributed by atoms with Crippen molar-refractivity contribution >= 4 is 33.6 Å². The molecule has 1 amide bonds. The Kier molecular flexibility index (Phi) is 5.88. The number of hydrogen-bond acceptors (Lipinski definition) is 5. The molecule has 7 heteroatoms. The molecular formula is C18H16BrN3O2S. The van der Waals surface area contributed by atoms with Crippen LogP contribution in [0.2, 0.25) is 0 Å². The summed E-state index contributed by atoms with van der Waals surface area (Å²) in [5.74, 6) is 0.711. The average Bonchev–Trinajstić information content (AvgIpc) is 3.10. The first-order valence-electron chi connectivity index (χ1n) is 7.62. The summed E-state index contributed by atoms with van der Waals surface area (Å²) in [6.07, 6.45) is 0. The molecule has 0 bridgehead atoms.